The van der Waals surface area contributed by atoms with Crippen LogP contribution in [-0.2, 0) is 5.54 Å². The Bertz CT molecular complexity index is 460. The van der Waals surface area contributed by atoms with Crippen molar-refractivity contribution in [3.05, 3.63) is 34.9 Å². The van der Waals surface area contributed by atoms with E-state index in [4.69, 9.17) is 17.3 Å². The van der Waals surface area contributed by atoms with Gasteiger partial charge in [0.25, 0.3) is 0 Å². The molecule has 1 aliphatic heterocycles. The van der Waals surface area contributed by atoms with Gasteiger partial charge in [0.15, 0.2) is 5.17 Å². The molecule has 16 heavy (non-hydrogen) atoms. The Balaban J connectivity index is 2.06. The van der Waals surface area contributed by atoms with E-state index >= 15 is 0 Å². The molecule has 2 nitrogen and oxygen atoms in total. The normalized spacial score (nSPS) is 32.6. The molecule has 84 valence electrons. The molecule has 1 aliphatic carbocycles. The first-order valence-corrected chi connectivity index (χ1v) is 6.82. The molecule has 3 rings (SSSR count). The summed E-state index contributed by atoms with van der Waals surface area (Å²) in [6.45, 7) is 0. The molecule has 2 atom stereocenters. The molecule has 1 heterocycles. The van der Waals surface area contributed by atoms with Gasteiger partial charge in [-0.15, -0.1) is 0 Å². The van der Waals surface area contributed by atoms with Gasteiger partial charge in [0.1, 0.15) is 0 Å². The third-order valence-corrected chi connectivity index (χ3v) is 4.60. The Labute approximate surface area is 104 Å². The number of fused-ring (bicyclic) bond motifs is 1. The number of benzene rings is 1. The zero-order chi connectivity index (χ0) is 11.2. The van der Waals surface area contributed by atoms with E-state index in [9.17, 15) is 0 Å². The number of aliphatic imine (C=N–C) groups is 1. The minimum absolute atomic E-state index is 0.105. The largest absolute Gasteiger partial charge is 0.379 e. The maximum absolute atomic E-state index is 6.26. The third kappa shape index (κ3) is 1.54. The molecule has 0 spiro atoms. The predicted octanol–water partition coefficient (Wildman–Crippen LogP) is 3.01. The summed E-state index contributed by atoms with van der Waals surface area (Å²) >= 11 is 7.91. The van der Waals surface area contributed by atoms with Gasteiger partial charge in [-0.05, 0) is 30.4 Å². The molecule has 2 N–H and O–H groups in total. The lowest BCUT2D eigenvalue weighted by Gasteiger charge is -2.13. The number of amidine groups is 1. The highest BCUT2D eigenvalue weighted by Gasteiger charge is 2.56. The first kappa shape index (κ1) is 10.5. The van der Waals surface area contributed by atoms with Crippen LogP contribution in [0, 0.1) is 5.92 Å². The topological polar surface area (TPSA) is 38.4 Å². The summed E-state index contributed by atoms with van der Waals surface area (Å²) < 4.78 is 0. The lowest BCUT2D eigenvalue weighted by molar-refractivity contribution is 0.626. The molecule has 0 unspecified atom stereocenters. The highest BCUT2D eigenvalue weighted by atomic mass is 35.5. The number of hydrogen-bond acceptors (Lipinski definition) is 3. The molecule has 1 aromatic rings. The maximum Gasteiger partial charge on any atom is 0.154 e. The zero-order valence-corrected chi connectivity index (χ0v) is 10.4. The van der Waals surface area contributed by atoms with Crippen LogP contribution in [0.3, 0.4) is 0 Å². The van der Waals surface area contributed by atoms with E-state index < -0.39 is 0 Å². The molecular formula is C12H13ClN2S. The molecule has 4 heteroatoms. The molecule has 0 saturated heterocycles. The van der Waals surface area contributed by atoms with Crippen LogP contribution in [0.2, 0.25) is 5.02 Å². The van der Waals surface area contributed by atoms with Crippen molar-refractivity contribution in [1.29, 1.82) is 0 Å². The van der Waals surface area contributed by atoms with Crippen molar-refractivity contribution in [1.82, 2.24) is 0 Å². The van der Waals surface area contributed by atoms with E-state index in [2.05, 4.69) is 11.1 Å². The summed E-state index contributed by atoms with van der Waals surface area (Å²) in [6, 6.07) is 7.99. The van der Waals surface area contributed by atoms with E-state index in [1.807, 2.05) is 18.2 Å². The van der Waals surface area contributed by atoms with Gasteiger partial charge in [0.2, 0.25) is 0 Å². The Hall–Kier alpha value is -0.670. The first-order valence-electron chi connectivity index (χ1n) is 5.45. The minimum atomic E-state index is -0.105. The van der Waals surface area contributed by atoms with Crippen molar-refractivity contribution in [3.63, 3.8) is 0 Å². The monoisotopic (exact) mass is 252 g/mol. The number of nitrogens with two attached hydrogens (primary N) is 1. The van der Waals surface area contributed by atoms with Crippen LogP contribution in [0.1, 0.15) is 18.4 Å². The molecule has 0 bridgehead atoms. The molecule has 1 aromatic carbocycles. The molecule has 2 aliphatic rings. The summed E-state index contributed by atoms with van der Waals surface area (Å²) in [5.41, 5.74) is 6.93. The van der Waals surface area contributed by atoms with Gasteiger partial charge < -0.3 is 5.73 Å². The molecule has 0 amide bonds. The van der Waals surface area contributed by atoms with Crippen LogP contribution in [0.4, 0.5) is 0 Å². The van der Waals surface area contributed by atoms with Crippen LogP contribution < -0.4 is 5.73 Å². The van der Waals surface area contributed by atoms with Gasteiger partial charge in [-0.1, -0.05) is 41.6 Å². The van der Waals surface area contributed by atoms with Gasteiger partial charge >= 0.3 is 0 Å². The Kier molecular flexibility index (Phi) is 2.41. The molecule has 0 aromatic heterocycles. The summed E-state index contributed by atoms with van der Waals surface area (Å²) in [5, 5.41) is 1.52. The molecular weight excluding hydrogens is 240 g/mol. The number of nitrogens with zero attached hydrogens (tertiary/aromatic N) is 1. The molecule has 1 fully saturated rings. The van der Waals surface area contributed by atoms with E-state index in [1.165, 1.54) is 6.42 Å². The molecule has 1 saturated carbocycles. The van der Waals surface area contributed by atoms with E-state index in [1.54, 1.807) is 11.8 Å². The number of halogens is 1. The van der Waals surface area contributed by atoms with Gasteiger partial charge in [0.05, 0.1) is 5.54 Å². The van der Waals surface area contributed by atoms with Crippen molar-refractivity contribution in [3.8, 4) is 0 Å². The van der Waals surface area contributed by atoms with Crippen LogP contribution in [-0.4, -0.2) is 10.9 Å². The smallest absolute Gasteiger partial charge is 0.154 e. The van der Waals surface area contributed by atoms with Gasteiger partial charge in [-0.3, -0.25) is 4.99 Å². The highest BCUT2D eigenvalue weighted by molar-refractivity contribution is 8.13. The van der Waals surface area contributed by atoms with Crippen molar-refractivity contribution in [2.75, 3.05) is 5.75 Å². The number of hydrogen-bond donors (Lipinski definition) is 1. The van der Waals surface area contributed by atoms with Crippen LogP contribution in [0.15, 0.2) is 29.3 Å². The fraction of sp³-hybridized carbons (Fsp3) is 0.417. The van der Waals surface area contributed by atoms with E-state index in [-0.39, 0.29) is 5.54 Å². The maximum atomic E-state index is 6.26. The third-order valence-electron chi connectivity index (χ3n) is 3.44. The minimum Gasteiger partial charge on any atom is -0.379 e. The van der Waals surface area contributed by atoms with Crippen molar-refractivity contribution in [2.45, 2.75) is 18.4 Å². The number of rotatable bonds is 1. The Morgan fingerprint density at radius 2 is 2.25 bits per heavy atom. The van der Waals surface area contributed by atoms with Gasteiger partial charge in [0, 0.05) is 10.8 Å². The summed E-state index contributed by atoms with van der Waals surface area (Å²) in [4.78, 5) is 4.69. The van der Waals surface area contributed by atoms with Crippen LogP contribution in [0.25, 0.3) is 0 Å². The fourth-order valence-electron chi connectivity index (χ4n) is 2.53. The van der Waals surface area contributed by atoms with Crippen molar-refractivity contribution >= 4 is 28.5 Å². The second kappa shape index (κ2) is 3.67. The summed E-state index contributed by atoms with van der Waals surface area (Å²) in [6.07, 6.45) is 2.28. The van der Waals surface area contributed by atoms with Crippen molar-refractivity contribution in [2.24, 2.45) is 16.6 Å². The Morgan fingerprint density at radius 1 is 1.44 bits per heavy atom. The predicted molar refractivity (Wildman–Crippen MR) is 69.9 cm³/mol. The second-order valence-electron chi connectivity index (χ2n) is 4.39. The second-order valence-corrected chi connectivity index (χ2v) is 5.91. The standard InChI is InChI=1S/C12H13ClN2S/c13-10-4-2-1-3-9(10)12-7-8(12)5-6-16-11(14)15-12/h1-4,8H,5-7H2,(H2,14,15)/t8-,12+/m0/s1. The average Bonchev–Trinajstić information content (AvgIpc) is 2.93. The first-order chi connectivity index (χ1) is 7.72. The van der Waals surface area contributed by atoms with E-state index in [0.29, 0.717) is 11.1 Å². The number of thioether (sulfide) groups is 1. The molecule has 0 radical (unpaired) electrons. The fourth-order valence-corrected chi connectivity index (χ4v) is 3.67. The van der Waals surface area contributed by atoms with Gasteiger partial charge in [-0.25, -0.2) is 0 Å². The zero-order valence-electron chi connectivity index (χ0n) is 8.82. The summed E-state index contributed by atoms with van der Waals surface area (Å²) in [7, 11) is 0. The lowest BCUT2D eigenvalue weighted by atomic mass is 10.0. The summed E-state index contributed by atoms with van der Waals surface area (Å²) in [5.74, 6) is 1.70. The van der Waals surface area contributed by atoms with Crippen LogP contribution >= 0.6 is 23.4 Å². The average molecular weight is 253 g/mol. The lowest BCUT2D eigenvalue weighted by Crippen LogP contribution is -2.13. The van der Waals surface area contributed by atoms with Crippen LogP contribution in [0.5, 0.6) is 0 Å². The SMILES string of the molecule is NC1=N[C@]2(c3ccccc3Cl)C[C@@H]2CCS1. The quantitative estimate of drug-likeness (QED) is 0.835. The van der Waals surface area contributed by atoms with Crippen molar-refractivity contribution < 1.29 is 0 Å². The Morgan fingerprint density at radius 3 is 3.06 bits per heavy atom. The van der Waals surface area contributed by atoms with Gasteiger partial charge in [-0.2, -0.15) is 0 Å². The van der Waals surface area contributed by atoms with E-state index in [0.717, 1.165) is 22.8 Å². The highest BCUT2D eigenvalue weighted by Crippen LogP contribution is 2.60.